The maximum atomic E-state index is 11.8. The highest BCUT2D eigenvalue weighted by molar-refractivity contribution is 4.55. The van der Waals surface area contributed by atoms with E-state index in [0.29, 0.717) is 13.1 Å². The van der Waals surface area contributed by atoms with Crippen LogP contribution in [0.2, 0.25) is 0 Å². The Balaban J connectivity index is 2.18. The Hall–Kier alpha value is -0.110. The maximum Gasteiger partial charge on any atom is 0.0290 e. The molecule has 36 valence electrons. The van der Waals surface area contributed by atoms with Crippen LogP contribution in [0.25, 0.3) is 0 Å². The standard InChI is InChI=1S/C4H8FN/c5-6-3-1-2-4-6/h1-4H2. The van der Waals surface area contributed by atoms with E-state index in [0.717, 1.165) is 18.0 Å². The monoisotopic (exact) mass is 89.1 g/mol. The van der Waals surface area contributed by atoms with E-state index in [2.05, 4.69) is 0 Å². The van der Waals surface area contributed by atoms with Crippen molar-refractivity contribution in [3.63, 3.8) is 0 Å². The summed E-state index contributed by atoms with van der Waals surface area (Å²) < 4.78 is 11.8. The topological polar surface area (TPSA) is 3.24 Å². The SMILES string of the molecule is FN1CCCC1. The average molecular weight is 89.1 g/mol. The van der Waals surface area contributed by atoms with Crippen LogP contribution >= 0.6 is 0 Å². The number of hydrogen-bond acceptors (Lipinski definition) is 1. The fourth-order valence-corrected chi connectivity index (χ4v) is 0.679. The number of halogens is 1. The molecule has 1 heterocycles. The second kappa shape index (κ2) is 1.56. The van der Waals surface area contributed by atoms with E-state index in [-0.39, 0.29) is 0 Å². The number of hydrogen-bond donors (Lipinski definition) is 0. The lowest BCUT2D eigenvalue weighted by Crippen LogP contribution is -2.04. The molecule has 0 unspecified atom stereocenters. The third-order valence-electron chi connectivity index (χ3n) is 1.05. The molecule has 0 N–H and O–H groups in total. The van der Waals surface area contributed by atoms with Gasteiger partial charge in [0.2, 0.25) is 0 Å². The smallest absolute Gasteiger partial charge is 0.0290 e. The molecule has 0 bridgehead atoms. The van der Waals surface area contributed by atoms with E-state index in [9.17, 15) is 4.48 Å². The summed E-state index contributed by atoms with van der Waals surface area (Å²) >= 11 is 0. The van der Waals surface area contributed by atoms with Crippen LogP contribution in [0.5, 0.6) is 0 Å². The predicted octanol–water partition coefficient (Wildman–Crippen LogP) is 0.967. The van der Waals surface area contributed by atoms with Gasteiger partial charge >= 0.3 is 0 Å². The van der Waals surface area contributed by atoms with Gasteiger partial charge in [-0.3, -0.25) is 0 Å². The van der Waals surface area contributed by atoms with Crippen LogP contribution < -0.4 is 0 Å². The van der Waals surface area contributed by atoms with E-state index < -0.39 is 0 Å². The molecule has 0 aromatic heterocycles. The van der Waals surface area contributed by atoms with Gasteiger partial charge in [-0.2, -0.15) is 0 Å². The zero-order chi connectivity index (χ0) is 4.41. The van der Waals surface area contributed by atoms with Gasteiger partial charge in [0.1, 0.15) is 0 Å². The normalized spacial score (nSPS) is 25.5. The second-order valence-corrected chi connectivity index (χ2v) is 1.62. The summed E-state index contributed by atoms with van der Waals surface area (Å²) in [6, 6.07) is 0. The lowest BCUT2D eigenvalue weighted by Gasteiger charge is -1.94. The molecule has 0 atom stereocenters. The van der Waals surface area contributed by atoms with Crippen molar-refractivity contribution in [2.45, 2.75) is 12.8 Å². The molecule has 1 fully saturated rings. The molecule has 0 aromatic carbocycles. The Kier molecular flexibility index (Phi) is 1.05. The van der Waals surface area contributed by atoms with Crippen LogP contribution in [0.4, 0.5) is 4.48 Å². The molecule has 1 nitrogen and oxygen atoms in total. The molecule has 0 saturated carbocycles. The fourth-order valence-electron chi connectivity index (χ4n) is 0.679. The maximum absolute atomic E-state index is 11.8. The van der Waals surface area contributed by atoms with Crippen molar-refractivity contribution in [3.05, 3.63) is 0 Å². The van der Waals surface area contributed by atoms with Gasteiger partial charge in [0.25, 0.3) is 0 Å². The Morgan fingerprint density at radius 3 is 1.83 bits per heavy atom. The molecule has 1 aliphatic heterocycles. The molecule has 0 radical (unpaired) electrons. The zero-order valence-electron chi connectivity index (χ0n) is 3.65. The Bertz CT molecular complexity index is 40.8. The minimum absolute atomic E-state index is 0.653. The van der Waals surface area contributed by atoms with Crippen molar-refractivity contribution < 1.29 is 4.48 Å². The van der Waals surface area contributed by atoms with Crippen molar-refractivity contribution in [2.75, 3.05) is 13.1 Å². The molecule has 2 heteroatoms. The third-order valence-corrected chi connectivity index (χ3v) is 1.05. The molecule has 1 aliphatic rings. The van der Waals surface area contributed by atoms with Crippen molar-refractivity contribution in [1.82, 2.24) is 5.12 Å². The summed E-state index contributed by atoms with van der Waals surface area (Å²) in [6.07, 6.45) is 2.08. The van der Waals surface area contributed by atoms with Gasteiger partial charge in [-0.25, -0.2) is 0 Å². The summed E-state index contributed by atoms with van der Waals surface area (Å²) in [6.45, 7) is 1.31. The molecular formula is C4H8FN. The van der Waals surface area contributed by atoms with Crippen molar-refractivity contribution >= 4 is 0 Å². The van der Waals surface area contributed by atoms with E-state index in [1.807, 2.05) is 0 Å². The van der Waals surface area contributed by atoms with Crippen LogP contribution in [0.1, 0.15) is 12.8 Å². The first-order chi connectivity index (χ1) is 2.89. The first-order valence-corrected chi connectivity index (χ1v) is 2.30. The largest absolute Gasteiger partial charge is 0.146 e. The number of nitrogens with zero attached hydrogens (tertiary/aromatic N) is 1. The van der Waals surface area contributed by atoms with Crippen molar-refractivity contribution in [3.8, 4) is 0 Å². The lowest BCUT2D eigenvalue weighted by atomic mass is 10.4. The van der Waals surface area contributed by atoms with E-state index in [1.54, 1.807) is 0 Å². The van der Waals surface area contributed by atoms with Crippen LogP contribution in [0.15, 0.2) is 0 Å². The fraction of sp³-hybridized carbons (Fsp3) is 1.00. The highest BCUT2D eigenvalue weighted by atomic mass is 19.2. The highest BCUT2D eigenvalue weighted by Crippen LogP contribution is 2.05. The first-order valence-electron chi connectivity index (χ1n) is 2.30. The van der Waals surface area contributed by atoms with E-state index in [4.69, 9.17) is 0 Å². The quantitative estimate of drug-likeness (QED) is 0.400. The van der Waals surface area contributed by atoms with Crippen molar-refractivity contribution in [1.29, 1.82) is 0 Å². The predicted molar refractivity (Wildman–Crippen MR) is 21.9 cm³/mol. The van der Waals surface area contributed by atoms with Crippen molar-refractivity contribution in [2.24, 2.45) is 0 Å². The summed E-state index contributed by atoms with van der Waals surface area (Å²) in [4.78, 5) is 0. The Labute approximate surface area is 36.7 Å². The van der Waals surface area contributed by atoms with Gasteiger partial charge < -0.3 is 0 Å². The van der Waals surface area contributed by atoms with E-state index >= 15 is 0 Å². The average Bonchev–Trinajstić information content (AvgIpc) is 1.86. The molecule has 1 rings (SSSR count). The van der Waals surface area contributed by atoms with Crippen LogP contribution in [-0.2, 0) is 0 Å². The summed E-state index contributed by atoms with van der Waals surface area (Å²) in [5.74, 6) is 0. The zero-order valence-corrected chi connectivity index (χ0v) is 3.65. The second-order valence-electron chi connectivity index (χ2n) is 1.62. The summed E-state index contributed by atoms with van der Waals surface area (Å²) in [7, 11) is 0. The molecule has 0 spiro atoms. The number of rotatable bonds is 0. The van der Waals surface area contributed by atoms with Gasteiger partial charge in [-0.1, -0.05) is 0 Å². The van der Waals surface area contributed by atoms with E-state index in [1.165, 1.54) is 0 Å². The minimum atomic E-state index is 0.653. The first kappa shape index (κ1) is 4.06. The highest BCUT2D eigenvalue weighted by Gasteiger charge is 2.07. The summed E-state index contributed by atoms with van der Waals surface area (Å²) in [5.41, 5.74) is 0. The Morgan fingerprint density at radius 2 is 1.67 bits per heavy atom. The Morgan fingerprint density at radius 1 is 1.17 bits per heavy atom. The lowest BCUT2D eigenvalue weighted by molar-refractivity contribution is 0.0574. The van der Waals surface area contributed by atoms with Gasteiger partial charge in [0, 0.05) is 13.1 Å². The van der Waals surface area contributed by atoms with Gasteiger partial charge in [-0.15, -0.1) is 9.60 Å². The molecule has 6 heavy (non-hydrogen) atoms. The third kappa shape index (κ3) is 0.684. The van der Waals surface area contributed by atoms with Crippen LogP contribution in [0.3, 0.4) is 0 Å². The van der Waals surface area contributed by atoms with Gasteiger partial charge in [-0.05, 0) is 12.8 Å². The summed E-state index contributed by atoms with van der Waals surface area (Å²) in [5, 5.41) is 0.861. The molecular weight excluding hydrogens is 81.0 g/mol. The van der Waals surface area contributed by atoms with Gasteiger partial charge in [0.15, 0.2) is 0 Å². The van der Waals surface area contributed by atoms with Crippen LogP contribution in [-0.4, -0.2) is 18.2 Å². The molecule has 0 amide bonds. The molecule has 1 saturated heterocycles. The van der Waals surface area contributed by atoms with Gasteiger partial charge in [0.05, 0.1) is 0 Å². The van der Waals surface area contributed by atoms with Crippen LogP contribution in [0, 0.1) is 0 Å². The molecule has 0 aliphatic carbocycles. The minimum Gasteiger partial charge on any atom is -0.146 e. The molecule has 0 aromatic rings.